The van der Waals surface area contributed by atoms with Crippen LogP contribution in [0.25, 0.3) is 27.9 Å². The summed E-state index contributed by atoms with van der Waals surface area (Å²) in [5.74, 6) is -0.675. The number of halogens is 1. The molecule has 8 heteroatoms. The van der Waals surface area contributed by atoms with E-state index in [0.717, 1.165) is 26.7 Å². The predicted molar refractivity (Wildman–Crippen MR) is 179 cm³/mol. The molecule has 0 bridgehead atoms. The molecule has 0 atom stereocenters. The van der Waals surface area contributed by atoms with Crippen molar-refractivity contribution in [1.82, 2.24) is 9.88 Å². The highest BCUT2D eigenvalue weighted by Crippen LogP contribution is 2.30. The third kappa shape index (κ3) is 6.44. The molecule has 0 fully saturated rings. The highest BCUT2D eigenvalue weighted by Gasteiger charge is 2.17. The van der Waals surface area contributed by atoms with Crippen molar-refractivity contribution in [2.75, 3.05) is 11.1 Å². The van der Waals surface area contributed by atoms with Gasteiger partial charge in [-0.15, -0.1) is 11.8 Å². The number of nitrogens with one attached hydrogen (secondary N) is 2. The van der Waals surface area contributed by atoms with Gasteiger partial charge in [-0.2, -0.15) is 0 Å². The number of aromatic nitrogens is 1. The number of carbonyl (C=O) groups excluding carboxylic acids is 3. The molecular formula is C36H26ClN3O3S. The fourth-order valence-electron chi connectivity index (χ4n) is 4.94. The van der Waals surface area contributed by atoms with Crippen molar-refractivity contribution in [3.63, 3.8) is 0 Å². The van der Waals surface area contributed by atoms with Gasteiger partial charge in [0.2, 0.25) is 5.91 Å². The van der Waals surface area contributed by atoms with Gasteiger partial charge < -0.3 is 10.6 Å². The highest BCUT2D eigenvalue weighted by molar-refractivity contribution is 8.00. The van der Waals surface area contributed by atoms with Crippen molar-refractivity contribution >= 4 is 74.7 Å². The Labute approximate surface area is 263 Å². The van der Waals surface area contributed by atoms with Gasteiger partial charge >= 0.3 is 0 Å². The average Bonchev–Trinajstić information content (AvgIpc) is 3.39. The smallest absolute Gasteiger partial charge is 0.272 e. The maximum atomic E-state index is 13.4. The molecule has 0 aliphatic rings. The molecule has 0 unspecified atom stereocenters. The average molecular weight is 616 g/mol. The maximum Gasteiger partial charge on any atom is 0.272 e. The summed E-state index contributed by atoms with van der Waals surface area (Å²) in [5, 5.41) is 8.19. The summed E-state index contributed by atoms with van der Waals surface area (Å²) < 4.78 is 1.78. The normalized spacial score (nSPS) is 11.4. The number of hydrogen-bond donors (Lipinski definition) is 2. The summed E-state index contributed by atoms with van der Waals surface area (Å²) in [6, 6.07) is 38.7. The van der Waals surface area contributed by atoms with E-state index in [9.17, 15) is 14.4 Å². The quantitative estimate of drug-likeness (QED) is 0.133. The van der Waals surface area contributed by atoms with Crippen molar-refractivity contribution in [2.45, 2.75) is 4.90 Å². The van der Waals surface area contributed by atoms with Gasteiger partial charge in [0.25, 0.3) is 11.8 Å². The molecule has 216 valence electrons. The van der Waals surface area contributed by atoms with Crippen LogP contribution in [0.15, 0.2) is 138 Å². The van der Waals surface area contributed by atoms with Crippen molar-refractivity contribution in [3.05, 3.63) is 149 Å². The van der Waals surface area contributed by atoms with Gasteiger partial charge in [0, 0.05) is 31.9 Å². The van der Waals surface area contributed by atoms with E-state index in [4.69, 9.17) is 11.6 Å². The number of thioether (sulfide) groups is 1. The molecular weight excluding hydrogens is 590 g/mol. The van der Waals surface area contributed by atoms with Crippen LogP contribution in [-0.4, -0.2) is 28.0 Å². The zero-order chi connectivity index (χ0) is 30.5. The van der Waals surface area contributed by atoms with E-state index in [1.165, 1.54) is 11.8 Å². The first-order valence-electron chi connectivity index (χ1n) is 13.9. The van der Waals surface area contributed by atoms with Gasteiger partial charge in [0.1, 0.15) is 5.70 Å². The molecule has 6 rings (SSSR count). The van der Waals surface area contributed by atoms with Crippen LogP contribution >= 0.6 is 23.4 Å². The minimum absolute atomic E-state index is 0.0188. The lowest BCUT2D eigenvalue weighted by Gasteiger charge is -2.12. The summed E-state index contributed by atoms with van der Waals surface area (Å²) >= 11 is 7.56. The fraction of sp³-hybridized carbons (Fsp3) is 0.0278. The van der Waals surface area contributed by atoms with E-state index < -0.39 is 11.8 Å². The third-order valence-electron chi connectivity index (χ3n) is 6.99. The molecule has 1 aromatic heterocycles. The molecule has 0 spiro atoms. The maximum absolute atomic E-state index is 13.4. The van der Waals surface area contributed by atoms with E-state index in [0.29, 0.717) is 21.8 Å². The Bertz CT molecular complexity index is 1980. The van der Waals surface area contributed by atoms with E-state index in [1.54, 1.807) is 71.3 Å². The second-order valence-electron chi connectivity index (χ2n) is 9.96. The number of fused-ring (bicyclic) bond motifs is 3. The van der Waals surface area contributed by atoms with Crippen molar-refractivity contribution < 1.29 is 14.4 Å². The van der Waals surface area contributed by atoms with Crippen molar-refractivity contribution in [2.24, 2.45) is 0 Å². The van der Waals surface area contributed by atoms with Crippen LogP contribution in [0.3, 0.4) is 0 Å². The number of benzene rings is 5. The fourth-order valence-corrected chi connectivity index (χ4v) is 5.89. The minimum Gasteiger partial charge on any atom is -0.321 e. The Morgan fingerprint density at radius 2 is 1.36 bits per heavy atom. The number of hydrogen-bond acceptors (Lipinski definition) is 4. The van der Waals surface area contributed by atoms with Gasteiger partial charge in [-0.3, -0.25) is 19.0 Å². The van der Waals surface area contributed by atoms with Gasteiger partial charge in [-0.05, 0) is 72.3 Å². The monoisotopic (exact) mass is 615 g/mol. The van der Waals surface area contributed by atoms with Gasteiger partial charge in [0.05, 0.1) is 16.8 Å². The zero-order valence-electron chi connectivity index (χ0n) is 23.4. The van der Waals surface area contributed by atoms with E-state index >= 15 is 0 Å². The second kappa shape index (κ2) is 13.0. The van der Waals surface area contributed by atoms with Crippen molar-refractivity contribution in [3.8, 4) is 0 Å². The molecule has 44 heavy (non-hydrogen) atoms. The summed E-state index contributed by atoms with van der Waals surface area (Å²) in [6.07, 6.45) is 1.58. The summed E-state index contributed by atoms with van der Waals surface area (Å²) in [5.41, 5.74) is 3.47. The van der Waals surface area contributed by atoms with Crippen LogP contribution in [-0.2, 0) is 4.79 Å². The van der Waals surface area contributed by atoms with Gasteiger partial charge in [-0.25, -0.2) is 0 Å². The number of para-hydroxylation sites is 2. The molecule has 0 saturated carbocycles. The Balaban J connectivity index is 1.16. The molecule has 5 aromatic carbocycles. The summed E-state index contributed by atoms with van der Waals surface area (Å²) in [4.78, 5) is 40.5. The van der Waals surface area contributed by atoms with E-state index in [-0.39, 0.29) is 17.4 Å². The Morgan fingerprint density at radius 3 is 2.02 bits per heavy atom. The van der Waals surface area contributed by atoms with Crippen LogP contribution < -0.4 is 10.6 Å². The molecule has 1 heterocycles. The van der Waals surface area contributed by atoms with E-state index in [2.05, 4.69) is 10.6 Å². The first-order valence-corrected chi connectivity index (χ1v) is 15.2. The zero-order valence-corrected chi connectivity index (χ0v) is 24.9. The first kappa shape index (κ1) is 29.0. The predicted octanol–water partition coefficient (Wildman–Crippen LogP) is 8.29. The summed E-state index contributed by atoms with van der Waals surface area (Å²) in [7, 11) is 0. The molecule has 2 amide bonds. The topological polar surface area (TPSA) is 80.2 Å². The molecule has 0 saturated heterocycles. The van der Waals surface area contributed by atoms with Crippen LogP contribution in [0.2, 0.25) is 5.02 Å². The Hall–Kier alpha value is -5.11. The standard InChI is InChI=1S/C36H26ClN3O3S/c37-26-12-8-9-24(21-26)22-31(39-35(42)25-10-2-1-3-11-25)36(43)38-27-17-19-28(20-18-27)44-23-34(41)40-32-15-6-4-13-29(32)30-14-5-7-16-33(30)40/h1-22H,23H2,(H,38,43)(H,39,42)/b31-22-. The molecule has 2 N–H and O–H groups in total. The minimum atomic E-state index is -0.490. The number of anilines is 1. The highest BCUT2D eigenvalue weighted by atomic mass is 35.5. The first-order chi connectivity index (χ1) is 21.5. The van der Waals surface area contributed by atoms with E-state index in [1.807, 2.05) is 66.7 Å². The SMILES string of the molecule is O=C(Nc1ccc(SCC(=O)n2c3ccccc3c3ccccc32)cc1)/C(=C/c1cccc(Cl)c1)NC(=O)c1ccccc1. The lowest BCUT2D eigenvalue weighted by Crippen LogP contribution is -2.30. The molecule has 0 aliphatic heterocycles. The molecule has 0 aliphatic carbocycles. The molecule has 6 nitrogen and oxygen atoms in total. The Kier molecular flexibility index (Phi) is 8.59. The lowest BCUT2D eigenvalue weighted by atomic mass is 10.1. The largest absolute Gasteiger partial charge is 0.321 e. The number of rotatable bonds is 8. The number of carbonyl (C=O) groups is 3. The number of nitrogens with zero attached hydrogens (tertiary/aromatic N) is 1. The summed E-state index contributed by atoms with van der Waals surface area (Å²) in [6.45, 7) is 0. The van der Waals surface area contributed by atoms with Crippen LogP contribution in [0.5, 0.6) is 0 Å². The molecule has 6 aromatic rings. The van der Waals surface area contributed by atoms with Crippen LogP contribution in [0.1, 0.15) is 20.7 Å². The van der Waals surface area contributed by atoms with Gasteiger partial charge in [0.15, 0.2) is 0 Å². The molecule has 0 radical (unpaired) electrons. The van der Waals surface area contributed by atoms with Crippen LogP contribution in [0.4, 0.5) is 5.69 Å². The van der Waals surface area contributed by atoms with Gasteiger partial charge in [-0.1, -0.05) is 78.3 Å². The third-order valence-corrected chi connectivity index (χ3v) is 8.22. The van der Waals surface area contributed by atoms with Crippen molar-refractivity contribution in [1.29, 1.82) is 0 Å². The second-order valence-corrected chi connectivity index (χ2v) is 11.4. The lowest BCUT2D eigenvalue weighted by molar-refractivity contribution is -0.113. The Morgan fingerprint density at radius 1 is 0.727 bits per heavy atom. The van der Waals surface area contributed by atoms with Crippen LogP contribution in [0, 0.1) is 0 Å². The number of amides is 2.